The Hall–Kier alpha value is -3.17. The average Bonchev–Trinajstić information content (AvgIpc) is 2.72. The first-order valence-corrected chi connectivity index (χ1v) is 10.3. The number of carbonyl (C=O) groups excluding carboxylic acids is 3. The Bertz CT molecular complexity index is 1010. The van der Waals surface area contributed by atoms with Gasteiger partial charge in [0.25, 0.3) is 17.5 Å². The number of esters is 1. The molecule has 9 nitrogen and oxygen atoms in total. The summed E-state index contributed by atoms with van der Waals surface area (Å²) in [7, 11) is 0. The fraction of sp³-hybridized carbons (Fsp3) is 0.286. The Morgan fingerprint density at radius 2 is 1.75 bits per heavy atom. The number of amides is 2. The molecule has 2 aromatic rings. The van der Waals surface area contributed by atoms with Gasteiger partial charge in [0.05, 0.1) is 15.6 Å². The van der Waals surface area contributed by atoms with E-state index < -0.39 is 35.4 Å². The molecule has 0 aliphatic carbocycles. The number of nitrogens with zero attached hydrogens (tertiary/aromatic N) is 1. The third-order valence-electron chi connectivity index (χ3n) is 4.19. The van der Waals surface area contributed by atoms with Crippen molar-refractivity contribution < 1.29 is 24.0 Å². The van der Waals surface area contributed by atoms with Crippen LogP contribution in [0, 0.1) is 16.0 Å². The molecule has 0 radical (unpaired) electrons. The van der Waals surface area contributed by atoms with Gasteiger partial charge < -0.3 is 15.4 Å². The van der Waals surface area contributed by atoms with Crippen LogP contribution < -0.4 is 10.6 Å². The lowest BCUT2D eigenvalue weighted by molar-refractivity contribution is -0.384. The molecule has 2 aromatic carbocycles. The lowest BCUT2D eigenvalue weighted by Gasteiger charge is -2.19. The number of hydrogen-bond donors (Lipinski definition) is 2. The van der Waals surface area contributed by atoms with E-state index in [2.05, 4.69) is 10.6 Å². The second-order valence-corrected chi connectivity index (χ2v) is 8.08. The standard InChI is InChI=1S/C21H21Cl2N3O6/c1-12(2)9-18(25-20(28)13-3-5-14(22)6-4-13)21(29)32-11-19(27)24-17-8-7-15(26(30)31)10-16(17)23/h3-8,10,12,18H,9,11H2,1-2H3,(H,24,27)(H,25,28). The molecule has 1 unspecified atom stereocenters. The van der Waals surface area contributed by atoms with Crippen LogP contribution in [0.25, 0.3) is 0 Å². The quantitative estimate of drug-likeness (QED) is 0.313. The van der Waals surface area contributed by atoms with Crippen molar-refractivity contribution in [3.63, 3.8) is 0 Å². The smallest absolute Gasteiger partial charge is 0.329 e. The molecule has 2 amide bonds. The van der Waals surface area contributed by atoms with Crippen LogP contribution in [0.1, 0.15) is 30.6 Å². The van der Waals surface area contributed by atoms with Crippen molar-refractivity contribution in [2.45, 2.75) is 26.3 Å². The normalized spacial score (nSPS) is 11.5. The maximum atomic E-state index is 12.5. The summed E-state index contributed by atoms with van der Waals surface area (Å²) in [5.41, 5.74) is 0.224. The maximum absolute atomic E-state index is 12.5. The summed E-state index contributed by atoms with van der Waals surface area (Å²) in [6, 6.07) is 8.74. The molecular formula is C21H21Cl2N3O6. The number of anilines is 1. The fourth-order valence-electron chi connectivity index (χ4n) is 2.67. The molecule has 0 saturated carbocycles. The van der Waals surface area contributed by atoms with Crippen LogP contribution in [0.2, 0.25) is 10.0 Å². The van der Waals surface area contributed by atoms with E-state index in [1.54, 1.807) is 12.1 Å². The van der Waals surface area contributed by atoms with Gasteiger partial charge in [-0.15, -0.1) is 0 Å². The highest BCUT2D eigenvalue weighted by Crippen LogP contribution is 2.26. The molecule has 1 atom stereocenters. The van der Waals surface area contributed by atoms with Crippen LogP contribution in [-0.4, -0.2) is 35.4 Å². The van der Waals surface area contributed by atoms with Gasteiger partial charge >= 0.3 is 5.97 Å². The molecule has 0 aliphatic rings. The minimum absolute atomic E-state index is 0.0354. The predicted octanol–water partition coefficient (Wildman–Crippen LogP) is 4.23. The molecule has 0 bridgehead atoms. The number of carbonyl (C=O) groups is 3. The van der Waals surface area contributed by atoms with Gasteiger partial charge in [0.1, 0.15) is 6.04 Å². The SMILES string of the molecule is CC(C)CC(NC(=O)c1ccc(Cl)cc1)C(=O)OCC(=O)Nc1ccc([N+](=O)[O-])cc1Cl. The van der Waals surface area contributed by atoms with Gasteiger partial charge in [-0.2, -0.15) is 0 Å². The highest BCUT2D eigenvalue weighted by Gasteiger charge is 2.25. The van der Waals surface area contributed by atoms with Gasteiger partial charge in [-0.1, -0.05) is 37.0 Å². The number of hydrogen-bond acceptors (Lipinski definition) is 6. The molecule has 170 valence electrons. The number of rotatable bonds is 9. The first-order valence-electron chi connectivity index (χ1n) is 9.53. The van der Waals surface area contributed by atoms with E-state index in [0.717, 1.165) is 6.07 Å². The van der Waals surface area contributed by atoms with Crippen LogP contribution in [-0.2, 0) is 14.3 Å². The van der Waals surface area contributed by atoms with E-state index in [1.807, 2.05) is 13.8 Å². The van der Waals surface area contributed by atoms with Crippen LogP contribution in [0.3, 0.4) is 0 Å². The maximum Gasteiger partial charge on any atom is 0.329 e. The number of nitro benzene ring substituents is 1. The molecule has 32 heavy (non-hydrogen) atoms. The molecule has 2 rings (SSSR count). The van der Waals surface area contributed by atoms with Crippen molar-refractivity contribution in [3.05, 3.63) is 68.2 Å². The summed E-state index contributed by atoms with van der Waals surface area (Å²) in [6.45, 7) is 3.12. The second kappa shape index (κ2) is 11.4. The lowest BCUT2D eigenvalue weighted by atomic mass is 10.0. The van der Waals surface area contributed by atoms with Gasteiger partial charge in [-0.25, -0.2) is 4.79 Å². The van der Waals surface area contributed by atoms with Crippen molar-refractivity contribution in [1.82, 2.24) is 5.32 Å². The van der Waals surface area contributed by atoms with Crippen molar-refractivity contribution >= 4 is 52.4 Å². The van der Waals surface area contributed by atoms with Crippen molar-refractivity contribution in [1.29, 1.82) is 0 Å². The molecule has 0 heterocycles. The number of benzene rings is 2. The van der Waals surface area contributed by atoms with Crippen LogP contribution in [0.15, 0.2) is 42.5 Å². The van der Waals surface area contributed by atoms with E-state index in [1.165, 1.54) is 24.3 Å². The van der Waals surface area contributed by atoms with Crippen molar-refractivity contribution in [2.24, 2.45) is 5.92 Å². The third-order valence-corrected chi connectivity index (χ3v) is 4.75. The zero-order valence-corrected chi connectivity index (χ0v) is 18.8. The first kappa shape index (κ1) is 25.1. The number of nitro groups is 1. The molecule has 0 spiro atoms. The van der Waals surface area contributed by atoms with E-state index in [-0.39, 0.29) is 22.3 Å². The highest BCUT2D eigenvalue weighted by atomic mass is 35.5. The monoisotopic (exact) mass is 481 g/mol. The summed E-state index contributed by atoms with van der Waals surface area (Å²) < 4.78 is 5.06. The van der Waals surface area contributed by atoms with Crippen molar-refractivity contribution in [2.75, 3.05) is 11.9 Å². The van der Waals surface area contributed by atoms with Gasteiger partial charge in [0, 0.05) is 22.7 Å². The minimum atomic E-state index is -0.964. The Balaban J connectivity index is 1.97. The number of halogens is 2. The van der Waals surface area contributed by atoms with Crippen molar-refractivity contribution in [3.8, 4) is 0 Å². The molecule has 11 heteroatoms. The Morgan fingerprint density at radius 3 is 2.31 bits per heavy atom. The van der Waals surface area contributed by atoms with Crippen LogP contribution in [0.5, 0.6) is 0 Å². The van der Waals surface area contributed by atoms with Crippen LogP contribution in [0.4, 0.5) is 11.4 Å². The van der Waals surface area contributed by atoms with Gasteiger partial charge in [0.2, 0.25) is 0 Å². The first-order chi connectivity index (χ1) is 15.1. The number of nitrogens with one attached hydrogen (secondary N) is 2. The van der Waals surface area contributed by atoms with Crippen LogP contribution >= 0.6 is 23.2 Å². The molecule has 0 saturated heterocycles. The van der Waals surface area contributed by atoms with E-state index >= 15 is 0 Å². The van der Waals surface area contributed by atoms with Gasteiger partial charge in [-0.3, -0.25) is 19.7 Å². The summed E-state index contributed by atoms with van der Waals surface area (Å²) in [4.78, 5) is 47.2. The molecule has 0 aliphatic heterocycles. The topological polar surface area (TPSA) is 128 Å². The minimum Gasteiger partial charge on any atom is -0.454 e. The summed E-state index contributed by atoms with van der Waals surface area (Å²) in [6.07, 6.45) is 0.300. The molecule has 0 fully saturated rings. The lowest BCUT2D eigenvalue weighted by Crippen LogP contribution is -2.43. The van der Waals surface area contributed by atoms with Gasteiger partial charge in [-0.05, 0) is 42.7 Å². The van der Waals surface area contributed by atoms with E-state index in [4.69, 9.17) is 27.9 Å². The fourth-order valence-corrected chi connectivity index (χ4v) is 3.02. The third kappa shape index (κ3) is 7.51. The number of non-ortho nitro benzene ring substituents is 1. The highest BCUT2D eigenvalue weighted by molar-refractivity contribution is 6.34. The predicted molar refractivity (Wildman–Crippen MR) is 120 cm³/mol. The Labute approximate surface area is 194 Å². The average molecular weight is 482 g/mol. The summed E-state index contributed by atoms with van der Waals surface area (Å²) in [5, 5.41) is 16.2. The second-order valence-electron chi connectivity index (χ2n) is 7.24. The molecule has 2 N–H and O–H groups in total. The Morgan fingerprint density at radius 1 is 1.09 bits per heavy atom. The summed E-state index contributed by atoms with van der Waals surface area (Å²) in [5.74, 6) is -1.88. The molecule has 0 aromatic heterocycles. The number of ether oxygens (including phenoxy) is 1. The zero-order chi connectivity index (χ0) is 23.8. The summed E-state index contributed by atoms with van der Waals surface area (Å²) >= 11 is 11.8. The van der Waals surface area contributed by atoms with E-state index in [0.29, 0.717) is 17.0 Å². The largest absolute Gasteiger partial charge is 0.454 e. The molecular weight excluding hydrogens is 461 g/mol. The Kier molecular flexibility index (Phi) is 8.98. The zero-order valence-electron chi connectivity index (χ0n) is 17.3. The van der Waals surface area contributed by atoms with Gasteiger partial charge in [0.15, 0.2) is 6.61 Å². The van der Waals surface area contributed by atoms with E-state index in [9.17, 15) is 24.5 Å².